The molecule has 1 aliphatic rings. The molecule has 1 aliphatic heterocycles. The van der Waals surface area contributed by atoms with E-state index in [1.807, 2.05) is 0 Å². The highest BCUT2D eigenvalue weighted by atomic mass is 16.5. The number of rotatable bonds is 3. The van der Waals surface area contributed by atoms with Crippen molar-refractivity contribution in [2.45, 2.75) is 12.5 Å². The van der Waals surface area contributed by atoms with Gasteiger partial charge in [-0.15, -0.1) is 0 Å². The number of methoxy groups -OCH3 is 1. The Hall–Kier alpha value is -1.96. The van der Waals surface area contributed by atoms with E-state index in [2.05, 4.69) is 20.1 Å². The summed E-state index contributed by atoms with van der Waals surface area (Å²) in [6.07, 6.45) is 1.17. The molecule has 0 radical (unpaired) electrons. The number of aromatic amines is 1. The van der Waals surface area contributed by atoms with Gasteiger partial charge in [0.2, 0.25) is 0 Å². The summed E-state index contributed by atoms with van der Waals surface area (Å²) < 4.78 is 9.98. The molecule has 1 aromatic rings. The lowest BCUT2D eigenvalue weighted by Gasteiger charge is -2.31. The van der Waals surface area contributed by atoms with Crippen molar-refractivity contribution in [2.24, 2.45) is 0 Å². The highest BCUT2D eigenvalue weighted by Crippen LogP contribution is 2.11. The zero-order chi connectivity index (χ0) is 13.0. The zero-order valence-electron chi connectivity index (χ0n) is 9.96. The topological polar surface area (TPSA) is 97.4 Å². The number of amides is 1. The second kappa shape index (κ2) is 5.58. The lowest BCUT2D eigenvalue weighted by molar-refractivity contribution is -0.145. The minimum atomic E-state index is -0.351. The smallest absolute Gasteiger partial charge is 0.308 e. The van der Waals surface area contributed by atoms with Gasteiger partial charge in [-0.1, -0.05) is 0 Å². The van der Waals surface area contributed by atoms with Crippen molar-refractivity contribution in [1.29, 1.82) is 0 Å². The molecule has 0 aromatic carbocycles. The summed E-state index contributed by atoms with van der Waals surface area (Å²) >= 11 is 0. The van der Waals surface area contributed by atoms with Crippen LogP contribution in [0.1, 0.15) is 16.9 Å². The van der Waals surface area contributed by atoms with E-state index in [0.717, 1.165) is 0 Å². The van der Waals surface area contributed by atoms with E-state index in [-0.39, 0.29) is 30.1 Å². The molecule has 0 saturated carbocycles. The number of morpholine rings is 1. The highest BCUT2D eigenvalue weighted by molar-refractivity contribution is 5.92. The summed E-state index contributed by atoms with van der Waals surface area (Å²) in [5.74, 6) is -0.572. The molecular formula is C10H14N4O4. The van der Waals surface area contributed by atoms with Crippen molar-refractivity contribution in [3.63, 3.8) is 0 Å². The predicted molar refractivity (Wildman–Crippen MR) is 58.7 cm³/mol. The Morgan fingerprint density at radius 1 is 1.67 bits per heavy atom. The van der Waals surface area contributed by atoms with E-state index in [9.17, 15) is 9.59 Å². The number of ether oxygens (including phenoxy) is 2. The Balaban J connectivity index is 1.94. The molecule has 1 amide bonds. The van der Waals surface area contributed by atoms with Gasteiger partial charge in [0, 0.05) is 13.1 Å². The van der Waals surface area contributed by atoms with Crippen molar-refractivity contribution in [3.8, 4) is 0 Å². The largest absolute Gasteiger partial charge is 0.469 e. The summed E-state index contributed by atoms with van der Waals surface area (Å²) in [5.41, 5.74) is 0.258. The first kappa shape index (κ1) is 12.5. The van der Waals surface area contributed by atoms with E-state index < -0.39 is 0 Å². The maximum atomic E-state index is 12.0. The third-order valence-electron chi connectivity index (χ3n) is 2.68. The molecular weight excluding hydrogens is 240 g/mol. The van der Waals surface area contributed by atoms with Crippen LogP contribution in [-0.2, 0) is 14.3 Å². The van der Waals surface area contributed by atoms with E-state index in [1.54, 1.807) is 4.90 Å². The molecule has 0 aliphatic carbocycles. The van der Waals surface area contributed by atoms with Gasteiger partial charge < -0.3 is 14.4 Å². The van der Waals surface area contributed by atoms with Crippen LogP contribution in [0.2, 0.25) is 0 Å². The fourth-order valence-corrected chi connectivity index (χ4v) is 1.76. The highest BCUT2D eigenvalue weighted by Gasteiger charge is 2.27. The molecule has 1 atom stereocenters. The fourth-order valence-electron chi connectivity index (χ4n) is 1.76. The monoisotopic (exact) mass is 254 g/mol. The number of H-pyrrole nitrogens is 1. The summed E-state index contributed by atoms with van der Waals surface area (Å²) in [7, 11) is 1.32. The number of nitrogens with zero attached hydrogens (tertiary/aromatic N) is 3. The Kier molecular flexibility index (Phi) is 3.88. The molecule has 18 heavy (non-hydrogen) atoms. The number of hydrogen-bond donors (Lipinski definition) is 1. The van der Waals surface area contributed by atoms with Crippen molar-refractivity contribution >= 4 is 11.9 Å². The molecule has 1 aromatic heterocycles. The van der Waals surface area contributed by atoms with E-state index >= 15 is 0 Å². The molecule has 0 spiro atoms. The SMILES string of the molecule is COC(=O)CC1CN(C(=O)c2cn[nH]n2)CCO1. The van der Waals surface area contributed by atoms with Crippen molar-refractivity contribution < 1.29 is 19.1 Å². The van der Waals surface area contributed by atoms with E-state index in [1.165, 1.54) is 13.3 Å². The van der Waals surface area contributed by atoms with Gasteiger partial charge in [0.05, 0.1) is 32.4 Å². The number of carbonyl (C=O) groups excluding carboxylic acids is 2. The van der Waals surface area contributed by atoms with Gasteiger partial charge in [0.1, 0.15) is 0 Å². The van der Waals surface area contributed by atoms with Gasteiger partial charge in [-0.2, -0.15) is 15.4 Å². The quantitative estimate of drug-likeness (QED) is 0.710. The second-order valence-corrected chi connectivity index (χ2v) is 3.88. The zero-order valence-corrected chi connectivity index (χ0v) is 9.96. The summed E-state index contributed by atoms with van der Waals surface area (Å²) in [6.45, 7) is 1.22. The number of nitrogens with one attached hydrogen (secondary N) is 1. The van der Waals surface area contributed by atoms with Gasteiger partial charge in [-0.05, 0) is 0 Å². The lowest BCUT2D eigenvalue weighted by Crippen LogP contribution is -2.46. The number of aromatic nitrogens is 3. The van der Waals surface area contributed by atoms with Crippen LogP contribution in [0.15, 0.2) is 6.20 Å². The summed E-state index contributed by atoms with van der Waals surface area (Å²) in [4.78, 5) is 24.7. The second-order valence-electron chi connectivity index (χ2n) is 3.88. The average Bonchev–Trinajstić information content (AvgIpc) is 2.92. The molecule has 1 saturated heterocycles. The van der Waals surface area contributed by atoms with Crippen LogP contribution in [0.25, 0.3) is 0 Å². The van der Waals surface area contributed by atoms with Crippen molar-refractivity contribution in [2.75, 3.05) is 26.8 Å². The van der Waals surface area contributed by atoms with Gasteiger partial charge in [-0.3, -0.25) is 9.59 Å². The summed E-state index contributed by atoms with van der Waals surface area (Å²) in [5, 5.41) is 9.71. The van der Waals surface area contributed by atoms with Crippen LogP contribution in [0.3, 0.4) is 0 Å². The van der Waals surface area contributed by atoms with Crippen LogP contribution >= 0.6 is 0 Å². The fraction of sp³-hybridized carbons (Fsp3) is 0.600. The molecule has 2 rings (SSSR count). The molecule has 98 valence electrons. The minimum absolute atomic E-state index is 0.138. The Labute approximate surface area is 103 Å². The van der Waals surface area contributed by atoms with E-state index in [0.29, 0.717) is 19.7 Å². The average molecular weight is 254 g/mol. The van der Waals surface area contributed by atoms with Gasteiger partial charge >= 0.3 is 5.97 Å². The first-order valence-corrected chi connectivity index (χ1v) is 5.54. The number of hydrogen-bond acceptors (Lipinski definition) is 6. The van der Waals surface area contributed by atoms with Crippen LogP contribution in [0.5, 0.6) is 0 Å². The Morgan fingerprint density at radius 3 is 3.17 bits per heavy atom. The molecule has 1 unspecified atom stereocenters. The van der Waals surface area contributed by atoms with Crippen molar-refractivity contribution in [1.82, 2.24) is 20.3 Å². The van der Waals surface area contributed by atoms with Crippen LogP contribution in [-0.4, -0.2) is 65.1 Å². The maximum Gasteiger partial charge on any atom is 0.308 e. The summed E-state index contributed by atoms with van der Waals surface area (Å²) in [6, 6.07) is 0. The normalized spacial score (nSPS) is 19.6. The Bertz CT molecular complexity index is 420. The van der Waals surface area contributed by atoms with Crippen molar-refractivity contribution in [3.05, 3.63) is 11.9 Å². The van der Waals surface area contributed by atoms with Gasteiger partial charge in [0.25, 0.3) is 5.91 Å². The maximum absolute atomic E-state index is 12.0. The minimum Gasteiger partial charge on any atom is -0.469 e. The number of esters is 1. The molecule has 1 N–H and O–H groups in total. The molecule has 1 fully saturated rings. The molecule has 8 nitrogen and oxygen atoms in total. The lowest BCUT2D eigenvalue weighted by atomic mass is 10.2. The number of carbonyl (C=O) groups is 2. The molecule has 0 bridgehead atoms. The van der Waals surface area contributed by atoms with E-state index in [4.69, 9.17) is 4.74 Å². The van der Waals surface area contributed by atoms with Gasteiger partial charge in [-0.25, -0.2) is 0 Å². The molecule has 2 heterocycles. The van der Waals surface area contributed by atoms with Crippen LogP contribution in [0, 0.1) is 0 Å². The van der Waals surface area contributed by atoms with Crippen LogP contribution in [0.4, 0.5) is 0 Å². The first-order valence-electron chi connectivity index (χ1n) is 5.54. The van der Waals surface area contributed by atoms with Crippen LogP contribution < -0.4 is 0 Å². The molecule has 8 heteroatoms. The third kappa shape index (κ3) is 2.83. The Morgan fingerprint density at radius 2 is 2.50 bits per heavy atom. The third-order valence-corrected chi connectivity index (χ3v) is 2.68. The first-order chi connectivity index (χ1) is 8.70. The van der Waals surface area contributed by atoms with Gasteiger partial charge in [0.15, 0.2) is 5.69 Å². The predicted octanol–water partition coefficient (Wildman–Crippen LogP) is -0.791. The standard InChI is InChI=1S/C10H14N4O4/c1-17-9(15)4-7-6-14(2-3-18-7)10(16)8-5-11-13-12-8/h5,7H,2-4,6H2,1H3,(H,11,12,13).